The fraction of sp³-hybridized carbons (Fsp3) is 0.647. The molecule has 0 aliphatic carbocycles. The molecule has 0 amide bonds. The van der Waals surface area contributed by atoms with E-state index >= 15 is 0 Å². The predicted molar refractivity (Wildman–Crippen MR) is 106 cm³/mol. The summed E-state index contributed by atoms with van der Waals surface area (Å²) in [5, 5.41) is 22.6. The largest absolute Gasteiger partial charge is 0.414 e. The Kier molecular flexibility index (Phi) is 5.25. The van der Waals surface area contributed by atoms with Crippen LogP contribution in [0.4, 0.5) is 0 Å². The average Bonchev–Trinajstić information content (AvgIpc) is 3.13. The smallest absolute Gasteiger partial charge is 0.331 e. The molecule has 1 aliphatic rings. The van der Waals surface area contributed by atoms with E-state index in [0.717, 1.165) is 0 Å². The summed E-state index contributed by atoms with van der Waals surface area (Å²) < 4.78 is 13.5. The highest BCUT2D eigenvalue weighted by Gasteiger charge is 2.46. The van der Waals surface area contributed by atoms with Gasteiger partial charge in [0, 0.05) is 0 Å². The lowest BCUT2D eigenvalue weighted by atomic mass is 10.1. The van der Waals surface area contributed by atoms with Gasteiger partial charge >= 0.3 is 5.69 Å². The second kappa shape index (κ2) is 6.94. The van der Waals surface area contributed by atoms with E-state index in [2.05, 4.69) is 38.8 Å². The number of ether oxygens (including phenoxy) is 1. The maximum atomic E-state index is 12.4. The zero-order valence-electron chi connectivity index (χ0n) is 16.1. The third kappa shape index (κ3) is 3.57. The van der Waals surface area contributed by atoms with E-state index in [9.17, 15) is 19.8 Å². The van der Waals surface area contributed by atoms with E-state index in [4.69, 9.17) is 9.16 Å². The van der Waals surface area contributed by atoms with E-state index in [1.54, 1.807) is 11.4 Å². The fourth-order valence-corrected chi connectivity index (χ4v) is 4.62. The molecule has 0 unspecified atom stereocenters. The number of rotatable bonds is 4. The molecule has 0 radical (unpaired) electrons. The zero-order valence-corrected chi connectivity index (χ0v) is 17.9. The first kappa shape index (κ1) is 20.4. The van der Waals surface area contributed by atoms with Gasteiger partial charge in [-0.25, -0.2) is 4.79 Å². The van der Waals surface area contributed by atoms with Crippen LogP contribution < -0.4 is 11.2 Å². The number of nitrogens with one attached hydrogen (secondary N) is 1. The number of aromatic nitrogens is 2. The van der Waals surface area contributed by atoms with Crippen LogP contribution in [0.25, 0.3) is 10.2 Å². The van der Waals surface area contributed by atoms with Crippen LogP contribution in [0.2, 0.25) is 18.1 Å². The molecule has 0 spiro atoms. The molecular formula is C17H26N2O6SSi. The summed E-state index contributed by atoms with van der Waals surface area (Å²) in [5.41, 5.74) is -0.795. The summed E-state index contributed by atoms with van der Waals surface area (Å²) in [6, 6.07) is 1.62. The van der Waals surface area contributed by atoms with E-state index in [1.807, 2.05) is 0 Å². The number of aliphatic hydroxyl groups excluding tert-OH is 2. The summed E-state index contributed by atoms with van der Waals surface area (Å²) >= 11 is 1.19. The molecule has 1 saturated heterocycles. The van der Waals surface area contributed by atoms with E-state index in [-0.39, 0.29) is 11.6 Å². The standard InChI is InChI=1S/C17H26N2O6SSi/c1-17(2,3)27(4,5)24-8-10-11(20)12(21)15(25-10)19-9-6-7-26-13(9)14(22)18-16(19)23/h6-7,10-12,15,20-21H,8H2,1-5H3,(H,18,22,23)/t10-,11-,12-,15-/m1/s1. The fourth-order valence-electron chi connectivity index (χ4n) is 2.83. The summed E-state index contributed by atoms with van der Waals surface area (Å²) in [6.07, 6.45) is -4.39. The van der Waals surface area contributed by atoms with Crippen molar-refractivity contribution in [1.82, 2.24) is 9.55 Å². The van der Waals surface area contributed by atoms with Gasteiger partial charge in [0.1, 0.15) is 23.0 Å². The highest BCUT2D eigenvalue weighted by Crippen LogP contribution is 2.38. The van der Waals surface area contributed by atoms with Gasteiger partial charge in [-0.15, -0.1) is 11.3 Å². The summed E-state index contributed by atoms with van der Waals surface area (Å²) in [6.45, 7) is 10.6. The predicted octanol–water partition coefficient (Wildman–Crippen LogP) is 1.39. The first-order valence-electron chi connectivity index (χ1n) is 8.81. The highest BCUT2D eigenvalue weighted by molar-refractivity contribution is 7.17. The van der Waals surface area contributed by atoms with Crippen molar-refractivity contribution in [3.05, 3.63) is 32.3 Å². The quantitative estimate of drug-likeness (QED) is 0.652. The van der Waals surface area contributed by atoms with Gasteiger partial charge in [-0.05, 0) is 29.6 Å². The minimum Gasteiger partial charge on any atom is -0.414 e. The third-order valence-electron chi connectivity index (χ3n) is 5.56. The van der Waals surface area contributed by atoms with Crippen molar-refractivity contribution in [2.75, 3.05) is 6.61 Å². The Labute approximate surface area is 161 Å². The zero-order chi connectivity index (χ0) is 20.1. The number of fused-ring (bicyclic) bond motifs is 1. The number of hydrogen-bond donors (Lipinski definition) is 3. The van der Waals surface area contributed by atoms with Crippen molar-refractivity contribution < 1.29 is 19.4 Å². The molecule has 4 atom stereocenters. The lowest BCUT2D eigenvalue weighted by Gasteiger charge is -2.37. The molecule has 3 N–H and O–H groups in total. The molecule has 0 bridgehead atoms. The Bertz CT molecular complexity index is 943. The van der Waals surface area contributed by atoms with Crippen LogP contribution in [-0.2, 0) is 9.16 Å². The van der Waals surface area contributed by atoms with Crippen LogP contribution >= 0.6 is 11.3 Å². The number of H-pyrrole nitrogens is 1. The van der Waals surface area contributed by atoms with Crippen LogP contribution in [0.15, 0.2) is 21.0 Å². The maximum Gasteiger partial charge on any atom is 0.331 e. The Hall–Kier alpha value is -1.30. The number of aliphatic hydroxyl groups is 2. The Balaban J connectivity index is 1.87. The maximum absolute atomic E-state index is 12.4. The molecule has 2 aromatic rings. The van der Waals surface area contributed by atoms with Gasteiger partial charge in [-0.1, -0.05) is 20.8 Å². The van der Waals surface area contributed by atoms with Crippen molar-refractivity contribution in [3.63, 3.8) is 0 Å². The molecule has 1 fully saturated rings. The van der Waals surface area contributed by atoms with Crippen molar-refractivity contribution in [1.29, 1.82) is 0 Å². The third-order valence-corrected chi connectivity index (χ3v) is 11.0. The molecule has 27 heavy (non-hydrogen) atoms. The minimum absolute atomic E-state index is 0.00668. The van der Waals surface area contributed by atoms with Gasteiger partial charge < -0.3 is 19.4 Å². The Morgan fingerprint density at radius 2 is 1.96 bits per heavy atom. The van der Waals surface area contributed by atoms with Crippen molar-refractivity contribution in [3.8, 4) is 0 Å². The number of hydrogen-bond acceptors (Lipinski definition) is 7. The molecule has 3 rings (SSSR count). The van der Waals surface area contributed by atoms with Gasteiger partial charge in [0.05, 0.1) is 12.1 Å². The molecule has 150 valence electrons. The van der Waals surface area contributed by atoms with Gasteiger partial charge in [-0.2, -0.15) is 0 Å². The minimum atomic E-state index is -2.06. The summed E-state index contributed by atoms with van der Waals surface area (Å²) in [4.78, 5) is 26.5. The monoisotopic (exact) mass is 414 g/mol. The topological polar surface area (TPSA) is 114 Å². The van der Waals surface area contributed by atoms with E-state index in [1.165, 1.54) is 15.9 Å². The SMILES string of the molecule is CC(C)(C)[Si](C)(C)OC[C@H]1O[C@@H](n2c(=O)[nH]c(=O)c3sccc32)[C@H](O)[C@@H]1O. The second-order valence-electron chi connectivity index (χ2n) is 8.38. The average molecular weight is 415 g/mol. The van der Waals surface area contributed by atoms with Crippen LogP contribution in [0, 0.1) is 0 Å². The number of thiophene rings is 1. The molecule has 10 heteroatoms. The lowest BCUT2D eigenvalue weighted by molar-refractivity contribution is -0.0508. The van der Waals surface area contributed by atoms with Gasteiger partial charge in [-0.3, -0.25) is 14.3 Å². The van der Waals surface area contributed by atoms with Gasteiger partial charge in [0.25, 0.3) is 5.56 Å². The van der Waals surface area contributed by atoms with Crippen LogP contribution in [-0.4, -0.2) is 53.0 Å². The molecule has 0 aromatic carbocycles. The first-order valence-corrected chi connectivity index (χ1v) is 12.6. The van der Waals surface area contributed by atoms with E-state index < -0.39 is 44.1 Å². The van der Waals surface area contributed by atoms with Crippen molar-refractivity contribution >= 4 is 29.9 Å². The Morgan fingerprint density at radius 3 is 2.59 bits per heavy atom. The van der Waals surface area contributed by atoms with Gasteiger partial charge in [0.2, 0.25) is 0 Å². The van der Waals surface area contributed by atoms with E-state index in [0.29, 0.717) is 10.2 Å². The summed E-state index contributed by atoms with van der Waals surface area (Å²) in [5.74, 6) is 0. The summed E-state index contributed by atoms with van der Waals surface area (Å²) in [7, 11) is -2.06. The normalized spacial score (nSPS) is 26.8. The highest BCUT2D eigenvalue weighted by atomic mass is 32.1. The van der Waals surface area contributed by atoms with Crippen molar-refractivity contribution in [2.24, 2.45) is 0 Å². The van der Waals surface area contributed by atoms with Crippen LogP contribution in [0.1, 0.15) is 27.0 Å². The number of aromatic amines is 1. The molecular weight excluding hydrogens is 388 g/mol. The molecule has 3 heterocycles. The number of nitrogens with zero attached hydrogens (tertiary/aromatic N) is 1. The molecule has 1 aliphatic heterocycles. The molecule has 2 aromatic heterocycles. The molecule has 8 nitrogen and oxygen atoms in total. The van der Waals surface area contributed by atoms with Crippen molar-refractivity contribution in [2.45, 2.75) is 63.4 Å². The molecule has 0 saturated carbocycles. The van der Waals surface area contributed by atoms with Crippen LogP contribution in [0.5, 0.6) is 0 Å². The van der Waals surface area contributed by atoms with Gasteiger partial charge in [0.15, 0.2) is 14.5 Å². The lowest BCUT2D eigenvalue weighted by Crippen LogP contribution is -2.44. The van der Waals surface area contributed by atoms with Crippen LogP contribution in [0.3, 0.4) is 0 Å². The first-order chi connectivity index (χ1) is 12.4. The second-order valence-corrected chi connectivity index (χ2v) is 14.1. The Morgan fingerprint density at radius 1 is 1.30 bits per heavy atom.